The van der Waals surface area contributed by atoms with E-state index in [9.17, 15) is 22.0 Å². The van der Waals surface area contributed by atoms with E-state index >= 15 is 0 Å². The molecule has 3 rings (SSSR count). The Kier molecular flexibility index (Phi) is 5.50. The average molecular weight is 416 g/mol. The van der Waals surface area contributed by atoms with E-state index in [-0.39, 0.29) is 33.7 Å². The second-order valence-electron chi connectivity index (χ2n) is 6.42. The molecule has 0 unspecified atom stereocenters. The van der Waals surface area contributed by atoms with Gasteiger partial charge in [-0.2, -0.15) is 0 Å². The number of carbonyl (C=O) groups excluding carboxylic acids is 1. The van der Waals surface area contributed by atoms with E-state index in [1.807, 2.05) is 0 Å². The van der Waals surface area contributed by atoms with Crippen molar-refractivity contribution >= 4 is 33.0 Å². The van der Waals surface area contributed by atoms with Crippen LogP contribution in [0.1, 0.15) is 23.2 Å². The molecule has 1 saturated carbocycles. The van der Waals surface area contributed by atoms with Crippen molar-refractivity contribution in [1.82, 2.24) is 0 Å². The first-order valence-electron chi connectivity index (χ1n) is 8.13. The maximum Gasteiger partial charge on any atom is 0.255 e. The lowest BCUT2D eigenvalue weighted by Gasteiger charge is -2.33. The number of aliphatic hydroxyl groups is 1. The third kappa shape index (κ3) is 3.97. The Morgan fingerprint density at radius 3 is 2.48 bits per heavy atom. The van der Waals surface area contributed by atoms with Crippen LogP contribution in [0.15, 0.2) is 41.3 Å². The van der Waals surface area contributed by atoms with Gasteiger partial charge in [-0.05, 0) is 49.1 Å². The second kappa shape index (κ2) is 7.53. The maximum absolute atomic E-state index is 13.3. The molecule has 2 aromatic carbocycles. The molecule has 144 valence electrons. The molecule has 0 spiro atoms. The van der Waals surface area contributed by atoms with Crippen LogP contribution in [0, 0.1) is 17.6 Å². The first-order valence-corrected chi connectivity index (χ1v) is 10.1. The Balaban J connectivity index is 1.84. The molecule has 0 atom stereocenters. The van der Waals surface area contributed by atoms with Gasteiger partial charge in [0.25, 0.3) is 5.91 Å². The highest BCUT2D eigenvalue weighted by atomic mass is 35.5. The van der Waals surface area contributed by atoms with Crippen molar-refractivity contribution in [2.75, 3.05) is 11.9 Å². The standard InChI is InChI=1S/C18H16ClF2NO4S/c19-14-3-1-11(18(24)22-12-2-4-15(20)16(21)8-12)7-17(14)27(25,26)13-5-10(6-13)9-23/h1-4,7-8,10,13,23H,5-6,9H2,(H,22,24)/t10-,13-. The second-order valence-corrected chi connectivity index (χ2v) is 9.02. The fraction of sp³-hybridized carbons (Fsp3) is 0.278. The minimum Gasteiger partial charge on any atom is -0.396 e. The van der Waals surface area contributed by atoms with Gasteiger partial charge in [0, 0.05) is 23.9 Å². The van der Waals surface area contributed by atoms with E-state index in [1.165, 1.54) is 24.3 Å². The number of carbonyl (C=O) groups is 1. The highest BCUT2D eigenvalue weighted by molar-refractivity contribution is 7.92. The van der Waals surface area contributed by atoms with Gasteiger partial charge >= 0.3 is 0 Å². The Morgan fingerprint density at radius 2 is 1.85 bits per heavy atom. The summed E-state index contributed by atoms with van der Waals surface area (Å²) >= 11 is 6.03. The van der Waals surface area contributed by atoms with Crippen LogP contribution in [0.4, 0.5) is 14.5 Å². The van der Waals surface area contributed by atoms with Crippen molar-refractivity contribution in [3.05, 3.63) is 58.6 Å². The highest BCUT2D eigenvalue weighted by Gasteiger charge is 2.40. The van der Waals surface area contributed by atoms with Gasteiger partial charge in [0.15, 0.2) is 21.5 Å². The molecule has 5 nitrogen and oxygen atoms in total. The van der Waals surface area contributed by atoms with Crippen molar-refractivity contribution in [2.45, 2.75) is 23.0 Å². The summed E-state index contributed by atoms with van der Waals surface area (Å²) in [6.45, 7) is -0.0730. The van der Waals surface area contributed by atoms with Gasteiger partial charge in [0.1, 0.15) is 0 Å². The Hall–Kier alpha value is -2.03. The van der Waals surface area contributed by atoms with E-state index in [2.05, 4.69) is 5.32 Å². The van der Waals surface area contributed by atoms with E-state index < -0.39 is 32.6 Å². The molecule has 0 aliphatic heterocycles. The summed E-state index contributed by atoms with van der Waals surface area (Å²) in [7, 11) is -3.75. The maximum atomic E-state index is 13.3. The van der Waals surface area contributed by atoms with Crippen molar-refractivity contribution in [3.63, 3.8) is 0 Å². The van der Waals surface area contributed by atoms with Crippen LogP contribution in [-0.4, -0.2) is 31.3 Å². The molecule has 2 aromatic rings. The third-order valence-corrected chi connectivity index (χ3v) is 7.22. The Morgan fingerprint density at radius 1 is 1.15 bits per heavy atom. The number of anilines is 1. The topological polar surface area (TPSA) is 83.5 Å². The van der Waals surface area contributed by atoms with Gasteiger partial charge in [-0.3, -0.25) is 4.79 Å². The number of amides is 1. The molecule has 1 amide bonds. The Bertz CT molecular complexity index is 991. The predicted molar refractivity (Wildman–Crippen MR) is 96.5 cm³/mol. The van der Waals surface area contributed by atoms with E-state index in [0.717, 1.165) is 12.1 Å². The molecule has 0 heterocycles. The fourth-order valence-electron chi connectivity index (χ4n) is 2.90. The van der Waals surface area contributed by atoms with Crippen LogP contribution in [0.2, 0.25) is 5.02 Å². The molecule has 0 radical (unpaired) electrons. The number of nitrogens with one attached hydrogen (secondary N) is 1. The first kappa shape index (κ1) is 19.7. The van der Waals surface area contributed by atoms with Crippen LogP contribution in [0.3, 0.4) is 0 Å². The number of rotatable bonds is 5. The molecule has 1 aliphatic rings. The number of aliphatic hydroxyl groups excluding tert-OH is 1. The molecule has 1 aliphatic carbocycles. The highest BCUT2D eigenvalue weighted by Crippen LogP contribution is 2.38. The van der Waals surface area contributed by atoms with Gasteiger partial charge in [-0.15, -0.1) is 0 Å². The SMILES string of the molecule is O=C(Nc1ccc(F)c(F)c1)c1ccc(Cl)c(S(=O)(=O)[C@H]2C[C@H](CO)C2)c1. The molecule has 0 saturated heterocycles. The molecular formula is C18H16ClF2NO4S. The lowest BCUT2D eigenvalue weighted by Crippen LogP contribution is -2.37. The van der Waals surface area contributed by atoms with Gasteiger partial charge in [0.2, 0.25) is 0 Å². The van der Waals surface area contributed by atoms with Crippen LogP contribution in [0.25, 0.3) is 0 Å². The summed E-state index contributed by atoms with van der Waals surface area (Å²) in [5, 5.41) is 10.8. The minimum atomic E-state index is -3.75. The summed E-state index contributed by atoms with van der Waals surface area (Å²) in [4.78, 5) is 12.2. The van der Waals surface area contributed by atoms with Gasteiger partial charge in [-0.1, -0.05) is 11.6 Å². The van der Waals surface area contributed by atoms with Crippen molar-refractivity contribution in [1.29, 1.82) is 0 Å². The van der Waals surface area contributed by atoms with Gasteiger partial charge < -0.3 is 10.4 Å². The molecule has 9 heteroatoms. The molecular weight excluding hydrogens is 400 g/mol. The Labute approximate surface area is 159 Å². The number of benzene rings is 2. The van der Waals surface area contributed by atoms with Gasteiger partial charge in [-0.25, -0.2) is 17.2 Å². The van der Waals surface area contributed by atoms with Crippen LogP contribution >= 0.6 is 11.6 Å². The summed E-state index contributed by atoms with van der Waals surface area (Å²) in [5.41, 5.74) is 0.0452. The normalized spacial score (nSPS) is 19.4. The molecule has 1 fully saturated rings. The lowest BCUT2D eigenvalue weighted by molar-refractivity contribution is 0.102. The summed E-state index contributed by atoms with van der Waals surface area (Å²) in [5.74, 6) is -2.90. The van der Waals surface area contributed by atoms with Crippen molar-refractivity contribution in [3.8, 4) is 0 Å². The zero-order valence-corrected chi connectivity index (χ0v) is 15.5. The number of sulfone groups is 1. The van der Waals surface area contributed by atoms with Crippen LogP contribution in [-0.2, 0) is 9.84 Å². The smallest absolute Gasteiger partial charge is 0.255 e. The number of hydrogen-bond donors (Lipinski definition) is 2. The van der Waals surface area contributed by atoms with E-state index in [1.54, 1.807) is 0 Å². The number of hydrogen-bond acceptors (Lipinski definition) is 4. The van der Waals surface area contributed by atoms with Crippen molar-refractivity contribution < 1.29 is 27.1 Å². The zero-order chi connectivity index (χ0) is 19.8. The van der Waals surface area contributed by atoms with Gasteiger partial charge in [0.05, 0.1) is 15.2 Å². The van der Waals surface area contributed by atoms with Crippen LogP contribution in [0.5, 0.6) is 0 Å². The monoisotopic (exact) mass is 415 g/mol. The van der Waals surface area contributed by atoms with Crippen LogP contribution < -0.4 is 5.32 Å². The van der Waals surface area contributed by atoms with Crippen molar-refractivity contribution in [2.24, 2.45) is 5.92 Å². The summed E-state index contributed by atoms with van der Waals surface area (Å²) in [6.07, 6.45) is 0.668. The average Bonchev–Trinajstić information content (AvgIpc) is 2.57. The van der Waals surface area contributed by atoms with E-state index in [0.29, 0.717) is 12.8 Å². The zero-order valence-electron chi connectivity index (χ0n) is 14.0. The minimum absolute atomic E-state index is 0.00757. The molecule has 27 heavy (non-hydrogen) atoms. The third-order valence-electron chi connectivity index (χ3n) is 4.57. The number of halogens is 3. The summed E-state index contributed by atoms with van der Waals surface area (Å²) in [6, 6.07) is 6.69. The summed E-state index contributed by atoms with van der Waals surface area (Å²) < 4.78 is 51.7. The van der Waals surface area contributed by atoms with E-state index in [4.69, 9.17) is 16.7 Å². The molecule has 0 aromatic heterocycles. The fourth-order valence-corrected chi connectivity index (χ4v) is 5.38. The quantitative estimate of drug-likeness (QED) is 0.783. The lowest BCUT2D eigenvalue weighted by atomic mass is 9.86. The largest absolute Gasteiger partial charge is 0.396 e. The molecule has 2 N–H and O–H groups in total. The molecule has 0 bridgehead atoms. The predicted octanol–water partition coefficient (Wildman–Crippen LogP) is 3.42. The first-order chi connectivity index (χ1) is 12.7.